The lowest BCUT2D eigenvalue weighted by Gasteiger charge is -2.29. The van der Waals surface area contributed by atoms with Crippen molar-refractivity contribution in [2.24, 2.45) is 5.92 Å². The number of carbonyl (C=O) groups is 3. The molecule has 5 rings (SSSR count). The first kappa shape index (κ1) is 19.7. The Balaban J connectivity index is 1.19. The molecular weight excluding hydrogens is 380 g/mol. The van der Waals surface area contributed by atoms with E-state index in [0.717, 1.165) is 41.2 Å². The van der Waals surface area contributed by atoms with Gasteiger partial charge in [0.2, 0.25) is 11.8 Å². The van der Waals surface area contributed by atoms with Crippen molar-refractivity contribution < 1.29 is 14.4 Å². The Morgan fingerprint density at radius 2 is 1.87 bits per heavy atom. The van der Waals surface area contributed by atoms with E-state index in [0.29, 0.717) is 19.5 Å². The van der Waals surface area contributed by atoms with Crippen molar-refractivity contribution in [2.45, 2.75) is 76.2 Å². The predicted molar refractivity (Wildman–Crippen MR) is 111 cm³/mol. The van der Waals surface area contributed by atoms with Gasteiger partial charge in [-0.1, -0.05) is 18.2 Å². The van der Waals surface area contributed by atoms with Crippen LogP contribution in [0.2, 0.25) is 0 Å². The maximum absolute atomic E-state index is 13.1. The molecular formula is C23H30N4O3. The molecule has 3 saturated heterocycles. The maximum atomic E-state index is 13.1. The molecule has 3 amide bonds. The number of rotatable bonds is 6. The average Bonchev–Trinajstić information content (AvgIpc) is 3.24. The third-order valence-electron chi connectivity index (χ3n) is 7.25. The molecule has 160 valence electrons. The van der Waals surface area contributed by atoms with Gasteiger partial charge in [0.05, 0.1) is 0 Å². The molecule has 7 nitrogen and oxygen atoms in total. The van der Waals surface area contributed by atoms with Gasteiger partial charge in [0.1, 0.15) is 6.04 Å². The number of hydrogen-bond donors (Lipinski definition) is 3. The Morgan fingerprint density at radius 3 is 2.63 bits per heavy atom. The van der Waals surface area contributed by atoms with Crippen molar-refractivity contribution >= 4 is 17.7 Å². The third-order valence-corrected chi connectivity index (χ3v) is 7.25. The van der Waals surface area contributed by atoms with Crippen molar-refractivity contribution in [1.82, 2.24) is 20.9 Å². The number of piperidine rings is 2. The average molecular weight is 411 g/mol. The highest BCUT2D eigenvalue weighted by atomic mass is 16.2. The Kier molecular flexibility index (Phi) is 5.33. The van der Waals surface area contributed by atoms with Crippen LogP contribution in [-0.2, 0) is 22.7 Å². The number of nitrogens with zero attached hydrogens (tertiary/aromatic N) is 1. The standard InChI is InChI=1S/C23H30N4O3/c28-20-7-6-19(22(29)26-20)27-13-16-3-1-2-15(21(16)23(27)30)12-24-9-8-14-10-17-4-5-18(11-14)25-17/h1-3,14,17-19,24-25H,4-13H2,(H,26,28,29). The molecule has 30 heavy (non-hydrogen) atoms. The number of hydrogen-bond acceptors (Lipinski definition) is 5. The van der Waals surface area contributed by atoms with Crippen molar-refractivity contribution in [3.05, 3.63) is 34.9 Å². The number of benzene rings is 1. The largest absolute Gasteiger partial charge is 0.322 e. The van der Waals surface area contributed by atoms with E-state index >= 15 is 0 Å². The van der Waals surface area contributed by atoms with Gasteiger partial charge < -0.3 is 15.5 Å². The first-order valence-electron chi connectivity index (χ1n) is 11.3. The smallest absolute Gasteiger partial charge is 0.255 e. The SMILES string of the molecule is O=C1CCC(N2Cc3cccc(CNCCC4CC5CCC(C4)N5)c3C2=O)C(=O)N1. The maximum Gasteiger partial charge on any atom is 0.255 e. The van der Waals surface area contributed by atoms with Crippen LogP contribution >= 0.6 is 0 Å². The summed E-state index contributed by atoms with van der Waals surface area (Å²) in [5, 5.41) is 9.60. The number of carbonyl (C=O) groups excluding carboxylic acids is 3. The third kappa shape index (κ3) is 3.76. The summed E-state index contributed by atoms with van der Waals surface area (Å²) in [5.74, 6) is 0.0873. The van der Waals surface area contributed by atoms with E-state index in [1.807, 2.05) is 18.2 Å². The quantitative estimate of drug-likeness (QED) is 0.488. The molecule has 0 aliphatic carbocycles. The highest BCUT2D eigenvalue weighted by Crippen LogP contribution is 2.33. The van der Waals surface area contributed by atoms with Crippen LogP contribution in [0.15, 0.2) is 18.2 Å². The molecule has 3 atom stereocenters. The summed E-state index contributed by atoms with van der Waals surface area (Å²) < 4.78 is 0. The number of amides is 3. The fourth-order valence-corrected chi connectivity index (χ4v) is 5.78. The summed E-state index contributed by atoms with van der Waals surface area (Å²) in [6, 6.07) is 6.85. The van der Waals surface area contributed by atoms with E-state index in [4.69, 9.17) is 0 Å². The zero-order valence-corrected chi connectivity index (χ0v) is 17.3. The van der Waals surface area contributed by atoms with Crippen LogP contribution in [0.4, 0.5) is 0 Å². The summed E-state index contributed by atoms with van der Waals surface area (Å²) in [6.07, 6.45) is 7.10. The molecule has 7 heteroatoms. The molecule has 4 aliphatic heterocycles. The van der Waals surface area contributed by atoms with Gasteiger partial charge in [0.25, 0.3) is 5.91 Å². The highest BCUT2D eigenvalue weighted by molar-refractivity contribution is 6.05. The Morgan fingerprint density at radius 1 is 1.07 bits per heavy atom. The molecule has 3 N–H and O–H groups in total. The Bertz CT molecular complexity index is 858. The van der Waals surface area contributed by atoms with Crippen LogP contribution in [0.5, 0.6) is 0 Å². The minimum atomic E-state index is -0.557. The van der Waals surface area contributed by atoms with Gasteiger partial charge in [-0.05, 0) is 62.1 Å². The van der Waals surface area contributed by atoms with E-state index in [-0.39, 0.29) is 24.1 Å². The normalized spacial score (nSPS) is 30.5. The monoisotopic (exact) mass is 410 g/mol. The topological polar surface area (TPSA) is 90.5 Å². The minimum absolute atomic E-state index is 0.0909. The molecule has 3 fully saturated rings. The van der Waals surface area contributed by atoms with Crippen molar-refractivity contribution in [3.63, 3.8) is 0 Å². The minimum Gasteiger partial charge on any atom is -0.322 e. The number of nitrogens with one attached hydrogen (secondary N) is 3. The lowest BCUT2D eigenvalue weighted by atomic mass is 9.90. The molecule has 4 heterocycles. The molecule has 1 aromatic carbocycles. The van der Waals surface area contributed by atoms with E-state index in [1.165, 1.54) is 32.1 Å². The zero-order valence-electron chi connectivity index (χ0n) is 17.3. The van der Waals surface area contributed by atoms with Crippen molar-refractivity contribution in [1.29, 1.82) is 0 Å². The Hall–Kier alpha value is -2.25. The molecule has 0 saturated carbocycles. The van der Waals surface area contributed by atoms with Gasteiger partial charge in [-0.2, -0.15) is 0 Å². The van der Waals surface area contributed by atoms with Gasteiger partial charge in [-0.25, -0.2) is 0 Å². The van der Waals surface area contributed by atoms with Crippen LogP contribution < -0.4 is 16.0 Å². The summed E-state index contributed by atoms with van der Waals surface area (Å²) >= 11 is 0. The van der Waals surface area contributed by atoms with Crippen LogP contribution in [0.25, 0.3) is 0 Å². The first-order valence-corrected chi connectivity index (χ1v) is 11.3. The predicted octanol–water partition coefficient (Wildman–Crippen LogP) is 1.46. The second-order valence-corrected chi connectivity index (χ2v) is 9.29. The van der Waals surface area contributed by atoms with Crippen LogP contribution in [-0.4, -0.2) is 47.3 Å². The van der Waals surface area contributed by atoms with Gasteiger partial charge in [0, 0.05) is 37.2 Å². The highest BCUT2D eigenvalue weighted by Gasteiger charge is 2.40. The fourth-order valence-electron chi connectivity index (χ4n) is 5.78. The van der Waals surface area contributed by atoms with E-state index in [9.17, 15) is 14.4 Å². The van der Waals surface area contributed by atoms with Gasteiger partial charge in [-0.15, -0.1) is 0 Å². The van der Waals surface area contributed by atoms with Crippen LogP contribution in [0.1, 0.15) is 66.4 Å². The first-order chi connectivity index (χ1) is 14.6. The van der Waals surface area contributed by atoms with Gasteiger partial charge in [-0.3, -0.25) is 19.7 Å². The second-order valence-electron chi connectivity index (χ2n) is 9.29. The van der Waals surface area contributed by atoms with E-state index in [2.05, 4.69) is 16.0 Å². The molecule has 0 radical (unpaired) electrons. The number of imide groups is 1. The Labute approximate surface area is 177 Å². The zero-order chi connectivity index (χ0) is 20.7. The lowest BCUT2D eigenvalue weighted by molar-refractivity contribution is -0.136. The van der Waals surface area contributed by atoms with Crippen LogP contribution in [0.3, 0.4) is 0 Å². The van der Waals surface area contributed by atoms with Crippen LogP contribution in [0, 0.1) is 5.92 Å². The molecule has 1 aromatic rings. The lowest BCUT2D eigenvalue weighted by Crippen LogP contribution is -2.52. The van der Waals surface area contributed by atoms with E-state index < -0.39 is 6.04 Å². The molecule has 2 bridgehead atoms. The molecule has 3 unspecified atom stereocenters. The summed E-state index contributed by atoms with van der Waals surface area (Å²) in [6.45, 7) is 2.06. The molecule has 4 aliphatic rings. The molecule has 0 aromatic heterocycles. The summed E-state index contributed by atoms with van der Waals surface area (Å²) in [5.41, 5.74) is 2.70. The second kappa shape index (κ2) is 8.12. The van der Waals surface area contributed by atoms with Crippen molar-refractivity contribution in [2.75, 3.05) is 6.54 Å². The van der Waals surface area contributed by atoms with Crippen molar-refractivity contribution in [3.8, 4) is 0 Å². The molecule has 0 spiro atoms. The van der Waals surface area contributed by atoms with Gasteiger partial charge >= 0.3 is 0 Å². The number of fused-ring (bicyclic) bond motifs is 3. The van der Waals surface area contributed by atoms with E-state index in [1.54, 1.807) is 4.90 Å². The summed E-state index contributed by atoms with van der Waals surface area (Å²) in [7, 11) is 0. The summed E-state index contributed by atoms with van der Waals surface area (Å²) in [4.78, 5) is 38.4. The van der Waals surface area contributed by atoms with Gasteiger partial charge in [0.15, 0.2) is 0 Å². The fraction of sp³-hybridized carbons (Fsp3) is 0.609.